The fourth-order valence-electron chi connectivity index (χ4n) is 2.59. The highest BCUT2D eigenvalue weighted by molar-refractivity contribution is 7.22. The van der Waals surface area contributed by atoms with Crippen LogP contribution in [0.3, 0.4) is 0 Å². The van der Waals surface area contributed by atoms with E-state index >= 15 is 0 Å². The molecule has 3 rings (SSSR count). The van der Waals surface area contributed by atoms with Crippen molar-refractivity contribution in [1.29, 1.82) is 0 Å². The number of hydrogen-bond acceptors (Lipinski definition) is 4. The maximum atomic E-state index is 12.5. The monoisotopic (exact) mass is 354 g/mol. The first-order chi connectivity index (χ1) is 12.0. The molecule has 25 heavy (non-hydrogen) atoms. The zero-order valence-corrected chi connectivity index (χ0v) is 15.8. The average Bonchev–Trinajstić information content (AvgIpc) is 3.02. The van der Waals surface area contributed by atoms with Crippen LogP contribution in [0.15, 0.2) is 42.5 Å². The normalized spacial score (nSPS) is 11.1. The number of para-hydroxylation sites is 1. The standard InChI is InChI=1S/C20H22N2O2S/c1-13(2)15-10-9-14(3)11-17(15)24-12-19(23)22(4)20-21-16-7-5-6-8-18(16)25-20/h5-11,13H,12H2,1-4H3. The van der Waals surface area contributed by atoms with Crippen molar-refractivity contribution >= 4 is 32.6 Å². The topological polar surface area (TPSA) is 42.4 Å². The molecule has 0 fully saturated rings. The van der Waals surface area contributed by atoms with E-state index in [1.807, 2.05) is 37.3 Å². The highest BCUT2D eigenvalue weighted by Crippen LogP contribution is 2.29. The number of fused-ring (bicyclic) bond motifs is 1. The predicted molar refractivity (Wildman–Crippen MR) is 104 cm³/mol. The van der Waals surface area contributed by atoms with Crippen LogP contribution in [0.1, 0.15) is 30.9 Å². The third-order valence-corrected chi connectivity index (χ3v) is 5.20. The Morgan fingerprint density at radius 3 is 2.72 bits per heavy atom. The molecular formula is C20H22N2O2S. The van der Waals surface area contributed by atoms with Gasteiger partial charge in [-0.25, -0.2) is 4.98 Å². The molecule has 0 aliphatic heterocycles. The van der Waals surface area contributed by atoms with Crippen LogP contribution in [-0.4, -0.2) is 24.5 Å². The Morgan fingerprint density at radius 1 is 1.24 bits per heavy atom. The van der Waals surface area contributed by atoms with Crippen LogP contribution in [0.2, 0.25) is 0 Å². The fourth-order valence-corrected chi connectivity index (χ4v) is 3.53. The third kappa shape index (κ3) is 3.82. The van der Waals surface area contributed by atoms with Gasteiger partial charge in [0.2, 0.25) is 0 Å². The van der Waals surface area contributed by atoms with Crippen LogP contribution in [0.5, 0.6) is 5.75 Å². The highest BCUT2D eigenvalue weighted by atomic mass is 32.1. The second-order valence-electron chi connectivity index (χ2n) is 6.40. The summed E-state index contributed by atoms with van der Waals surface area (Å²) in [5.74, 6) is 1.00. The van der Waals surface area contributed by atoms with E-state index in [0.29, 0.717) is 11.0 Å². The first kappa shape index (κ1) is 17.4. The van der Waals surface area contributed by atoms with Gasteiger partial charge in [-0.2, -0.15) is 0 Å². The van der Waals surface area contributed by atoms with Crippen molar-refractivity contribution in [3.8, 4) is 5.75 Å². The summed E-state index contributed by atoms with van der Waals surface area (Å²) >= 11 is 1.50. The van der Waals surface area contributed by atoms with E-state index in [9.17, 15) is 4.79 Å². The van der Waals surface area contributed by atoms with Gasteiger partial charge in [-0.3, -0.25) is 9.69 Å². The van der Waals surface area contributed by atoms with E-state index < -0.39 is 0 Å². The summed E-state index contributed by atoms with van der Waals surface area (Å²) in [6, 6.07) is 14.0. The number of anilines is 1. The number of amides is 1. The lowest BCUT2D eigenvalue weighted by molar-refractivity contribution is -0.120. The van der Waals surface area contributed by atoms with Crippen LogP contribution >= 0.6 is 11.3 Å². The number of nitrogens with zero attached hydrogens (tertiary/aromatic N) is 2. The molecular weight excluding hydrogens is 332 g/mol. The number of aryl methyl sites for hydroxylation is 1. The number of rotatable bonds is 5. The molecule has 0 unspecified atom stereocenters. The van der Waals surface area contributed by atoms with Gasteiger partial charge in [-0.15, -0.1) is 0 Å². The van der Waals surface area contributed by atoms with Gasteiger partial charge < -0.3 is 4.74 Å². The second-order valence-corrected chi connectivity index (χ2v) is 7.41. The SMILES string of the molecule is Cc1ccc(C(C)C)c(OCC(=O)N(C)c2nc3ccccc3s2)c1. The van der Waals surface area contributed by atoms with Crippen LogP contribution in [0, 0.1) is 6.92 Å². The zero-order chi connectivity index (χ0) is 18.0. The maximum Gasteiger partial charge on any atom is 0.266 e. The van der Waals surface area contributed by atoms with Crippen LogP contribution < -0.4 is 9.64 Å². The summed E-state index contributed by atoms with van der Waals surface area (Å²) in [6.45, 7) is 6.25. The molecule has 1 aromatic heterocycles. The number of likely N-dealkylation sites (N-methyl/N-ethyl adjacent to an activating group) is 1. The van der Waals surface area contributed by atoms with Crippen LogP contribution in [0.25, 0.3) is 10.2 Å². The van der Waals surface area contributed by atoms with Gasteiger partial charge in [0.1, 0.15) is 5.75 Å². The summed E-state index contributed by atoms with van der Waals surface area (Å²) < 4.78 is 6.91. The number of ether oxygens (including phenoxy) is 1. The van der Waals surface area contributed by atoms with Crippen LogP contribution in [0.4, 0.5) is 5.13 Å². The Labute approximate surface area is 152 Å². The number of benzene rings is 2. The molecule has 0 radical (unpaired) electrons. The molecule has 0 saturated carbocycles. The molecule has 0 bridgehead atoms. The van der Waals surface area contributed by atoms with Gasteiger partial charge in [-0.1, -0.05) is 49.4 Å². The smallest absolute Gasteiger partial charge is 0.266 e. The Balaban J connectivity index is 1.73. The summed E-state index contributed by atoms with van der Waals surface area (Å²) in [4.78, 5) is 18.6. The third-order valence-electron chi connectivity index (χ3n) is 4.09. The molecule has 0 spiro atoms. The van der Waals surface area contributed by atoms with E-state index in [2.05, 4.69) is 31.0 Å². The Kier molecular flexibility index (Phi) is 5.04. The van der Waals surface area contributed by atoms with Crippen molar-refractivity contribution in [2.24, 2.45) is 0 Å². The van der Waals surface area contributed by atoms with Crippen LogP contribution in [-0.2, 0) is 4.79 Å². The number of carbonyl (C=O) groups excluding carboxylic acids is 1. The van der Waals surface area contributed by atoms with Crippen molar-refractivity contribution in [3.05, 3.63) is 53.6 Å². The Morgan fingerprint density at radius 2 is 2.00 bits per heavy atom. The molecule has 2 aromatic carbocycles. The minimum absolute atomic E-state index is 0.00437. The molecule has 0 aliphatic rings. The molecule has 0 saturated heterocycles. The molecule has 4 nitrogen and oxygen atoms in total. The van der Waals surface area contributed by atoms with Gasteiger partial charge in [0.15, 0.2) is 11.7 Å². The van der Waals surface area contributed by atoms with E-state index in [4.69, 9.17) is 4.74 Å². The Hall–Kier alpha value is -2.40. The first-order valence-corrected chi connectivity index (χ1v) is 9.13. The van der Waals surface area contributed by atoms with Crippen molar-refractivity contribution in [2.75, 3.05) is 18.6 Å². The minimum atomic E-state index is -0.115. The van der Waals surface area contributed by atoms with Gasteiger partial charge in [0.05, 0.1) is 10.2 Å². The number of carbonyl (C=O) groups is 1. The number of aromatic nitrogens is 1. The summed E-state index contributed by atoms with van der Waals surface area (Å²) in [5, 5.41) is 0.683. The highest BCUT2D eigenvalue weighted by Gasteiger charge is 2.17. The first-order valence-electron chi connectivity index (χ1n) is 8.31. The average molecular weight is 354 g/mol. The zero-order valence-electron chi connectivity index (χ0n) is 14.9. The van der Waals surface area contributed by atoms with E-state index in [0.717, 1.165) is 27.1 Å². The van der Waals surface area contributed by atoms with Crippen molar-refractivity contribution in [3.63, 3.8) is 0 Å². The summed E-state index contributed by atoms with van der Waals surface area (Å²) in [7, 11) is 1.74. The number of hydrogen-bond donors (Lipinski definition) is 0. The Bertz CT molecular complexity index is 869. The van der Waals surface area contributed by atoms with Gasteiger partial charge in [0, 0.05) is 7.05 Å². The lowest BCUT2D eigenvalue weighted by Crippen LogP contribution is -2.31. The number of thiazole rings is 1. The van der Waals surface area contributed by atoms with Crippen molar-refractivity contribution in [2.45, 2.75) is 26.7 Å². The summed E-state index contributed by atoms with van der Waals surface area (Å²) in [5.41, 5.74) is 3.14. The molecule has 5 heteroatoms. The summed E-state index contributed by atoms with van der Waals surface area (Å²) in [6.07, 6.45) is 0. The molecule has 0 N–H and O–H groups in total. The lowest BCUT2D eigenvalue weighted by atomic mass is 10.0. The fraction of sp³-hybridized carbons (Fsp3) is 0.300. The lowest BCUT2D eigenvalue weighted by Gasteiger charge is -2.17. The maximum absolute atomic E-state index is 12.5. The molecule has 3 aromatic rings. The van der Waals surface area contributed by atoms with Gasteiger partial charge >= 0.3 is 0 Å². The second kappa shape index (κ2) is 7.23. The minimum Gasteiger partial charge on any atom is -0.483 e. The van der Waals surface area contributed by atoms with Gasteiger partial charge in [0.25, 0.3) is 5.91 Å². The van der Waals surface area contributed by atoms with Crippen molar-refractivity contribution < 1.29 is 9.53 Å². The predicted octanol–water partition coefficient (Wildman–Crippen LogP) is 4.77. The molecule has 0 aliphatic carbocycles. The molecule has 130 valence electrons. The largest absolute Gasteiger partial charge is 0.483 e. The van der Waals surface area contributed by atoms with Crippen molar-refractivity contribution in [1.82, 2.24) is 4.98 Å². The van der Waals surface area contributed by atoms with Gasteiger partial charge in [-0.05, 0) is 42.2 Å². The molecule has 1 heterocycles. The molecule has 0 atom stereocenters. The van der Waals surface area contributed by atoms with E-state index in [-0.39, 0.29) is 12.5 Å². The quantitative estimate of drug-likeness (QED) is 0.663. The van der Waals surface area contributed by atoms with E-state index in [1.54, 1.807) is 11.9 Å². The van der Waals surface area contributed by atoms with E-state index in [1.165, 1.54) is 11.3 Å². The molecule has 1 amide bonds.